The summed E-state index contributed by atoms with van der Waals surface area (Å²) < 4.78 is 2.19. The maximum Gasteiger partial charge on any atom is 0.255 e. The van der Waals surface area contributed by atoms with Crippen LogP contribution in [0.1, 0.15) is 73.8 Å². The van der Waals surface area contributed by atoms with Gasteiger partial charge in [0.15, 0.2) is 0 Å². The molecular weight excluding hydrogens is 422 g/mol. The second kappa shape index (κ2) is 9.65. The first-order valence-corrected chi connectivity index (χ1v) is 12.5. The third-order valence-corrected chi connectivity index (χ3v) is 7.07. The van der Waals surface area contributed by atoms with Gasteiger partial charge in [-0.15, -0.1) is 0 Å². The van der Waals surface area contributed by atoms with E-state index in [0.717, 1.165) is 34.1 Å². The number of nitrogens with zero attached hydrogens (tertiary/aromatic N) is 2. The van der Waals surface area contributed by atoms with E-state index >= 15 is 0 Å². The van der Waals surface area contributed by atoms with Crippen molar-refractivity contribution in [3.63, 3.8) is 0 Å². The summed E-state index contributed by atoms with van der Waals surface area (Å²) >= 11 is 0. The summed E-state index contributed by atoms with van der Waals surface area (Å²) in [6, 6.07) is 15.3. The van der Waals surface area contributed by atoms with E-state index in [2.05, 4.69) is 63.7 Å². The minimum Gasteiger partial charge on any atom is -0.354 e. The summed E-state index contributed by atoms with van der Waals surface area (Å²) in [6.07, 6.45) is 1.54. The van der Waals surface area contributed by atoms with E-state index in [9.17, 15) is 9.59 Å². The molecule has 1 N–H and O–H groups in total. The minimum absolute atomic E-state index is 0.0570. The summed E-state index contributed by atoms with van der Waals surface area (Å²) in [5.41, 5.74) is 5.04. The van der Waals surface area contributed by atoms with Gasteiger partial charge in [-0.3, -0.25) is 9.59 Å². The molecule has 0 aliphatic carbocycles. The molecule has 1 aromatic heterocycles. The molecule has 5 nitrogen and oxygen atoms in total. The topological polar surface area (TPSA) is 54.3 Å². The molecule has 0 radical (unpaired) electrons. The zero-order valence-electron chi connectivity index (χ0n) is 21.3. The van der Waals surface area contributed by atoms with Gasteiger partial charge in [-0.25, -0.2) is 0 Å². The minimum atomic E-state index is -0.532. The van der Waals surface area contributed by atoms with Crippen molar-refractivity contribution in [2.45, 2.75) is 59.5 Å². The number of para-hydroxylation sites is 1. The lowest BCUT2D eigenvalue weighted by atomic mass is 9.93. The van der Waals surface area contributed by atoms with Crippen LogP contribution in [0.5, 0.6) is 0 Å². The molecule has 2 aromatic carbocycles. The number of aromatic nitrogens is 1. The molecule has 0 fully saturated rings. The van der Waals surface area contributed by atoms with Crippen molar-refractivity contribution in [3.05, 3.63) is 70.9 Å². The van der Waals surface area contributed by atoms with E-state index < -0.39 is 6.04 Å². The number of carbonyl (C=O) groups is 2. The third kappa shape index (κ3) is 4.24. The average molecular weight is 460 g/mol. The SMILES string of the molecule is Cc1c(C2c3ccccc3C(=O)N2C(CC(C)C)C(=O)NCCC(C)C)c2ccccc2n1C. The number of benzene rings is 2. The van der Waals surface area contributed by atoms with Crippen LogP contribution in [0.25, 0.3) is 10.9 Å². The molecule has 0 saturated carbocycles. The number of amides is 2. The second-order valence-corrected chi connectivity index (χ2v) is 10.4. The maximum atomic E-state index is 13.9. The van der Waals surface area contributed by atoms with E-state index in [-0.39, 0.29) is 23.8 Å². The average Bonchev–Trinajstić information content (AvgIpc) is 3.22. The number of fused-ring (bicyclic) bond motifs is 2. The molecule has 2 atom stereocenters. The molecule has 3 aromatic rings. The molecule has 2 amide bonds. The van der Waals surface area contributed by atoms with Crippen LogP contribution in [-0.2, 0) is 11.8 Å². The Bertz CT molecular complexity index is 1210. The molecule has 1 aliphatic rings. The number of rotatable bonds is 8. The van der Waals surface area contributed by atoms with Gasteiger partial charge >= 0.3 is 0 Å². The Morgan fingerprint density at radius 1 is 1.00 bits per heavy atom. The molecular formula is C29H37N3O2. The fraction of sp³-hybridized carbons (Fsp3) is 0.448. The second-order valence-electron chi connectivity index (χ2n) is 10.4. The predicted octanol–water partition coefficient (Wildman–Crippen LogP) is 5.61. The van der Waals surface area contributed by atoms with Crippen molar-refractivity contribution in [2.24, 2.45) is 18.9 Å². The highest BCUT2D eigenvalue weighted by atomic mass is 16.2. The highest BCUT2D eigenvalue weighted by Gasteiger charge is 2.45. The van der Waals surface area contributed by atoms with Gasteiger partial charge in [-0.2, -0.15) is 0 Å². The maximum absolute atomic E-state index is 13.9. The number of carbonyl (C=O) groups excluding carboxylic acids is 2. The molecule has 1 aliphatic heterocycles. The lowest BCUT2D eigenvalue weighted by molar-refractivity contribution is -0.126. The highest BCUT2D eigenvalue weighted by Crippen LogP contribution is 2.45. The lowest BCUT2D eigenvalue weighted by Crippen LogP contribution is -2.49. The summed E-state index contributed by atoms with van der Waals surface area (Å²) in [4.78, 5) is 29.3. The Morgan fingerprint density at radius 2 is 1.68 bits per heavy atom. The van der Waals surface area contributed by atoms with Crippen molar-refractivity contribution in [1.82, 2.24) is 14.8 Å². The lowest BCUT2D eigenvalue weighted by Gasteiger charge is -2.34. The van der Waals surface area contributed by atoms with Crippen LogP contribution < -0.4 is 5.32 Å². The van der Waals surface area contributed by atoms with Crippen LogP contribution >= 0.6 is 0 Å². The zero-order chi connectivity index (χ0) is 24.6. The molecule has 4 rings (SSSR count). The number of nitrogens with one attached hydrogen (secondary N) is 1. The monoisotopic (exact) mass is 459 g/mol. The summed E-state index contributed by atoms with van der Waals surface area (Å²) in [5.74, 6) is 0.662. The Kier molecular flexibility index (Phi) is 6.83. The van der Waals surface area contributed by atoms with Crippen LogP contribution in [0.2, 0.25) is 0 Å². The Hall–Kier alpha value is -3.08. The van der Waals surface area contributed by atoms with Gasteiger partial charge in [-0.05, 0) is 49.3 Å². The van der Waals surface area contributed by atoms with Crippen molar-refractivity contribution in [1.29, 1.82) is 0 Å². The smallest absolute Gasteiger partial charge is 0.255 e. The molecule has 0 saturated heterocycles. The van der Waals surface area contributed by atoms with E-state index in [4.69, 9.17) is 0 Å². The number of hydrogen-bond donors (Lipinski definition) is 1. The molecule has 5 heteroatoms. The van der Waals surface area contributed by atoms with Crippen molar-refractivity contribution in [3.8, 4) is 0 Å². The van der Waals surface area contributed by atoms with E-state index in [1.807, 2.05) is 41.3 Å². The van der Waals surface area contributed by atoms with Crippen LogP contribution in [0, 0.1) is 18.8 Å². The normalized spacial score (nSPS) is 16.5. The first-order chi connectivity index (χ1) is 16.2. The van der Waals surface area contributed by atoms with Gasteiger partial charge in [0.25, 0.3) is 5.91 Å². The summed E-state index contributed by atoms with van der Waals surface area (Å²) in [5, 5.41) is 4.26. The fourth-order valence-corrected chi connectivity index (χ4v) is 5.24. The fourth-order valence-electron chi connectivity index (χ4n) is 5.24. The Balaban J connectivity index is 1.85. The Morgan fingerprint density at radius 3 is 2.38 bits per heavy atom. The molecule has 180 valence electrons. The van der Waals surface area contributed by atoms with Crippen LogP contribution in [0.15, 0.2) is 48.5 Å². The zero-order valence-corrected chi connectivity index (χ0v) is 21.3. The van der Waals surface area contributed by atoms with E-state index in [1.54, 1.807) is 0 Å². The molecule has 2 unspecified atom stereocenters. The van der Waals surface area contributed by atoms with E-state index in [0.29, 0.717) is 24.4 Å². The van der Waals surface area contributed by atoms with Crippen molar-refractivity contribution >= 4 is 22.7 Å². The number of hydrogen-bond acceptors (Lipinski definition) is 2. The molecule has 2 heterocycles. The first kappa shape index (κ1) is 24.1. The van der Waals surface area contributed by atoms with Crippen molar-refractivity contribution in [2.75, 3.05) is 6.54 Å². The predicted molar refractivity (Wildman–Crippen MR) is 138 cm³/mol. The van der Waals surface area contributed by atoms with E-state index in [1.165, 1.54) is 0 Å². The third-order valence-electron chi connectivity index (χ3n) is 7.07. The highest BCUT2D eigenvalue weighted by molar-refractivity contribution is 6.03. The van der Waals surface area contributed by atoms with Crippen molar-refractivity contribution < 1.29 is 9.59 Å². The quantitative estimate of drug-likeness (QED) is 0.476. The first-order valence-electron chi connectivity index (χ1n) is 12.5. The van der Waals surface area contributed by atoms with Crippen LogP contribution in [-0.4, -0.2) is 33.9 Å². The standard InChI is InChI=1S/C29H37N3O2/c1-18(2)15-16-30-28(33)25(17-19(3)4)32-27(21-11-7-8-12-22(21)29(32)34)26-20(5)31(6)24-14-10-9-13-23(24)26/h7-14,18-19,25,27H,15-17H2,1-6H3,(H,30,33). The summed E-state index contributed by atoms with van der Waals surface area (Å²) in [6.45, 7) is 11.3. The van der Waals surface area contributed by atoms with Gasteiger partial charge in [-0.1, -0.05) is 64.1 Å². The molecule has 0 bridgehead atoms. The van der Waals surface area contributed by atoms with Crippen LogP contribution in [0.4, 0.5) is 0 Å². The van der Waals surface area contributed by atoms with Gasteiger partial charge in [0, 0.05) is 41.3 Å². The number of aryl methyl sites for hydroxylation is 1. The largest absolute Gasteiger partial charge is 0.354 e. The Labute approximate surface area is 203 Å². The molecule has 0 spiro atoms. The summed E-state index contributed by atoms with van der Waals surface area (Å²) in [7, 11) is 2.07. The van der Waals surface area contributed by atoms with Gasteiger partial charge < -0.3 is 14.8 Å². The van der Waals surface area contributed by atoms with Gasteiger partial charge in [0.05, 0.1) is 6.04 Å². The van der Waals surface area contributed by atoms with Gasteiger partial charge in [0.1, 0.15) is 6.04 Å². The van der Waals surface area contributed by atoms with Gasteiger partial charge in [0.2, 0.25) is 5.91 Å². The van der Waals surface area contributed by atoms with Crippen LogP contribution in [0.3, 0.4) is 0 Å². The molecule has 34 heavy (non-hydrogen) atoms.